The predicted molar refractivity (Wildman–Crippen MR) is 153 cm³/mol. The number of amides is 1. The Morgan fingerprint density at radius 1 is 0.595 bits per heavy atom. The van der Waals surface area contributed by atoms with Crippen LogP contribution < -0.4 is 5.32 Å². The Labute approximate surface area is 228 Å². The molecule has 218 valence electrons. The van der Waals surface area contributed by atoms with Crippen LogP contribution in [0.25, 0.3) is 0 Å². The number of rotatable bonds is 28. The second-order valence-corrected chi connectivity index (χ2v) is 10.7. The van der Waals surface area contributed by atoms with E-state index in [1.807, 2.05) is 0 Å². The molecular formula is C31H59NO5. The Bertz CT molecular complexity index is 552. The number of hydrogen-bond acceptors (Lipinski definition) is 4. The van der Waals surface area contributed by atoms with E-state index >= 15 is 0 Å². The lowest BCUT2D eigenvalue weighted by Gasteiger charge is -2.18. The summed E-state index contributed by atoms with van der Waals surface area (Å²) in [7, 11) is 0. The molecule has 0 aromatic carbocycles. The van der Waals surface area contributed by atoms with E-state index in [9.17, 15) is 14.4 Å². The maximum atomic E-state index is 12.3. The van der Waals surface area contributed by atoms with Crippen molar-refractivity contribution < 1.29 is 24.2 Å². The van der Waals surface area contributed by atoms with Gasteiger partial charge in [0, 0.05) is 12.8 Å². The van der Waals surface area contributed by atoms with E-state index in [0.717, 1.165) is 57.8 Å². The van der Waals surface area contributed by atoms with Gasteiger partial charge < -0.3 is 15.2 Å². The Hall–Kier alpha value is -1.59. The van der Waals surface area contributed by atoms with Gasteiger partial charge >= 0.3 is 11.9 Å². The average Bonchev–Trinajstić information content (AvgIpc) is 2.87. The number of carboxylic acid groups (broad SMARTS) is 1. The van der Waals surface area contributed by atoms with E-state index in [2.05, 4.69) is 19.2 Å². The lowest BCUT2D eigenvalue weighted by molar-refractivity contribution is -0.150. The molecule has 0 aliphatic heterocycles. The van der Waals surface area contributed by atoms with Crippen LogP contribution in [0.2, 0.25) is 0 Å². The summed E-state index contributed by atoms with van der Waals surface area (Å²) in [5.41, 5.74) is 0. The number of aliphatic carboxylic acids is 1. The van der Waals surface area contributed by atoms with E-state index in [1.165, 1.54) is 83.5 Å². The molecule has 2 N–H and O–H groups in total. The summed E-state index contributed by atoms with van der Waals surface area (Å²) < 4.78 is 5.78. The third kappa shape index (κ3) is 27.3. The second kappa shape index (κ2) is 27.4. The standard InChI is InChI=1S/C31H59NO5/c1-3-5-7-8-9-10-11-12-13-14-15-16-17-18-22-26-31(36)37-28(23-6-4-2)24-20-19-21-25-29(33)32-27-30(34)35/h28H,3-27H2,1-2H3,(H,32,33)(H,34,35). The van der Waals surface area contributed by atoms with Crippen LogP contribution in [0, 0.1) is 0 Å². The highest BCUT2D eigenvalue weighted by molar-refractivity contribution is 5.80. The van der Waals surface area contributed by atoms with E-state index < -0.39 is 5.97 Å². The molecule has 0 radical (unpaired) electrons. The van der Waals surface area contributed by atoms with Crippen molar-refractivity contribution in [2.75, 3.05) is 6.54 Å². The minimum atomic E-state index is -1.03. The Balaban J connectivity index is 3.70. The van der Waals surface area contributed by atoms with Crippen LogP contribution in [0.1, 0.15) is 168 Å². The van der Waals surface area contributed by atoms with Crippen molar-refractivity contribution in [1.82, 2.24) is 5.32 Å². The molecule has 0 rings (SSSR count). The molecule has 1 atom stereocenters. The van der Waals surface area contributed by atoms with Crippen LogP contribution in [0.3, 0.4) is 0 Å². The first kappa shape index (κ1) is 35.4. The van der Waals surface area contributed by atoms with Crippen LogP contribution in [0.15, 0.2) is 0 Å². The zero-order valence-corrected chi connectivity index (χ0v) is 24.3. The van der Waals surface area contributed by atoms with Crippen molar-refractivity contribution in [3.8, 4) is 0 Å². The molecule has 6 heteroatoms. The summed E-state index contributed by atoms with van der Waals surface area (Å²) in [6.07, 6.45) is 26.9. The summed E-state index contributed by atoms with van der Waals surface area (Å²) in [6.45, 7) is 4.09. The van der Waals surface area contributed by atoms with Crippen molar-refractivity contribution in [3.05, 3.63) is 0 Å². The summed E-state index contributed by atoms with van der Waals surface area (Å²) in [5, 5.41) is 11.0. The normalized spacial score (nSPS) is 11.8. The van der Waals surface area contributed by atoms with Crippen LogP contribution in [0.4, 0.5) is 0 Å². The fourth-order valence-electron chi connectivity index (χ4n) is 4.68. The van der Waals surface area contributed by atoms with Crippen LogP contribution in [-0.4, -0.2) is 35.6 Å². The first-order chi connectivity index (χ1) is 18.0. The Morgan fingerprint density at radius 2 is 1.03 bits per heavy atom. The molecule has 1 amide bonds. The maximum Gasteiger partial charge on any atom is 0.322 e. The number of carbonyl (C=O) groups excluding carboxylic acids is 2. The minimum absolute atomic E-state index is 0.0235. The van der Waals surface area contributed by atoms with E-state index in [0.29, 0.717) is 12.8 Å². The molecule has 0 aromatic heterocycles. The van der Waals surface area contributed by atoms with Crippen molar-refractivity contribution >= 4 is 17.8 Å². The van der Waals surface area contributed by atoms with Gasteiger partial charge in [0.15, 0.2) is 0 Å². The molecule has 0 bridgehead atoms. The van der Waals surface area contributed by atoms with Gasteiger partial charge in [-0.3, -0.25) is 14.4 Å². The van der Waals surface area contributed by atoms with Crippen molar-refractivity contribution in [3.63, 3.8) is 0 Å². The number of hydrogen-bond donors (Lipinski definition) is 2. The molecule has 0 fully saturated rings. The highest BCUT2D eigenvalue weighted by Crippen LogP contribution is 2.17. The number of esters is 1. The number of ether oxygens (including phenoxy) is 1. The van der Waals surface area contributed by atoms with Gasteiger partial charge in [0.1, 0.15) is 12.6 Å². The van der Waals surface area contributed by atoms with Gasteiger partial charge in [-0.05, 0) is 32.1 Å². The van der Waals surface area contributed by atoms with Gasteiger partial charge in [-0.1, -0.05) is 123 Å². The van der Waals surface area contributed by atoms with Crippen LogP contribution in [-0.2, 0) is 19.1 Å². The Morgan fingerprint density at radius 3 is 1.54 bits per heavy atom. The third-order valence-corrected chi connectivity index (χ3v) is 7.03. The quantitative estimate of drug-likeness (QED) is 0.0789. The first-order valence-electron chi connectivity index (χ1n) is 15.7. The van der Waals surface area contributed by atoms with E-state index in [4.69, 9.17) is 9.84 Å². The lowest BCUT2D eigenvalue weighted by atomic mass is 10.0. The predicted octanol–water partition coefficient (Wildman–Crippen LogP) is 8.50. The summed E-state index contributed by atoms with van der Waals surface area (Å²) >= 11 is 0. The van der Waals surface area contributed by atoms with Gasteiger partial charge in [-0.25, -0.2) is 0 Å². The molecule has 0 saturated heterocycles. The monoisotopic (exact) mass is 525 g/mol. The fraction of sp³-hybridized carbons (Fsp3) is 0.903. The number of nitrogens with one attached hydrogen (secondary N) is 1. The molecule has 6 nitrogen and oxygen atoms in total. The van der Waals surface area contributed by atoms with Crippen LogP contribution in [0.5, 0.6) is 0 Å². The number of carboxylic acids is 1. The van der Waals surface area contributed by atoms with Crippen LogP contribution >= 0.6 is 0 Å². The second-order valence-electron chi connectivity index (χ2n) is 10.7. The SMILES string of the molecule is CCCCCCCCCCCCCCCCCC(=O)OC(CCCC)CCCCCC(=O)NCC(=O)O. The van der Waals surface area contributed by atoms with Crippen molar-refractivity contribution in [2.45, 2.75) is 174 Å². The third-order valence-electron chi connectivity index (χ3n) is 7.03. The molecule has 1 unspecified atom stereocenters. The van der Waals surface area contributed by atoms with Gasteiger partial charge in [0.25, 0.3) is 0 Å². The van der Waals surface area contributed by atoms with Crippen molar-refractivity contribution in [2.24, 2.45) is 0 Å². The largest absolute Gasteiger partial charge is 0.480 e. The minimum Gasteiger partial charge on any atom is -0.480 e. The number of carbonyl (C=O) groups is 3. The molecule has 0 spiro atoms. The zero-order chi connectivity index (χ0) is 27.4. The molecule has 0 aliphatic carbocycles. The first-order valence-corrected chi connectivity index (χ1v) is 15.7. The van der Waals surface area contributed by atoms with Gasteiger partial charge in [-0.15, -0.1) is 0 Å². The average molecular weight is 526 g/mol. The molecule has 0 aliphatic rings. The summed E-state index contributed by atoms with van der Waals surface area (Å²) in [4.78, 5) is 34.4. The van der Waals surface area contributed by atoms with Gasteiger partial charge in [-0.2, -0.15) is 0 Å². The molecule has 0 aromatic rings. The van der Waals surface area contributed by atoms with E-state index in [1.54, 1.807) is 0 Å². The van der Waals surface area contributed by atoms with Gasteiger partial charge in [0.05, 0.1) is 0 Å². The fourth-order valence-corrected chi connectivity index (χ4v) is 4.68. The number of unbranched alkanes of at least 4 members (excludes halogenated alkanes) is 17. The molecule has 37 heavy (non-hydrogen) atoms. The molecule has 0 saturated carbocycles. The lowest BCUT2D eigenvalue weighted by Crippen LogP contribution is -2.28. The summed E-state index contributed by atoms with van der Waals surface area (Å²) in [6, 6.07) is 0. The highest BCUT2D eigenvalue weighted by Gasteiger charge is 2.14. The van der Waals surface area contributed by atoms with Gasteiger partial charge in [0.2, 0.25) is 5.91 Å². The topological polar surface area (TPSA) is 92.7 Å². The van der Waals surface area contributed by atoms with E-state index in [-0.39, 0.29) is 24.5 Å². The smallest absolute Gasteiger partial charge is 0.322 e. The molecular weight excluding hydrogens is 466 g/mol. The summed E-state index contributed by atoms with van der Waals surface area (Å²) in [5.74, 6) is -1.32. The van der Waals surface area contributed by atoms with Crippen molar-refractivity contribution in [1.29, 1.82) is 0 Å². The maximum absolute atomic E-state index is 12.3. The molecule has 0 heterocycles. The highest BCUT2D eigenvalue weighted by atomic mass is 16.5. The zero-order valence-electron chi connectivity index (χ0n) is 24.3. The Kier molecular flexibility index (Phi) is 26.3.